The van der Waals surface area contributed by atoms with Crippen molar-refractivity contribution in [2.45, 2.75) is 39.5 Å². The summed E-state index contributed by atoms with van der Waals surface area (Å²) in [6.07, 6.45) is -4.51. The summed E-state index contributed by atoms with van der Waals surface area (Å²) >= 11 is 0. The summed E-state index contributed by atoms with van der Waals surface area (Å²) in [5.41, 5.74) is 1.81. The number of alkyl halides is 3. The highest BCUT2D eigenvalue weighted by molar-refractivity contribution is 5.80. The molecule has 1 amide bonds. The molecule has 0 aliphatic carbocycles. The molecule has 1 atom stereocenters. The molecule has 8 heteroatoms. The molecule has 1 aliphatic rings. The Morgan fingerprint density at radius 1 is 1.14 bits per heavy atom. The fourth-order valence-corrected chi connectivity index (χ4v) is 3.58. The number of halogens is 3. The van der Waals surface area contributed by atoms with E-state index in [-0.39, 0.29) is 5.91 Å². The van der Waals surface area contributed by atoms with E-state index in [0.717, 1.165) is 25.7 Å². The third-order valence-electron chi connectivity index (χ3n) is 5.11. The molecule has 0 spiro atoms. The Bertz CT molecular complexity index is 838. The number of piperazine rings is 1. The van der Waals surface area contributed by atoms with Gasteiger partial charge in [-0.3, -0.25) is 14.4 Å². The Morgan fingerprint density at radius 3 is 2.39 bits per heavy atom. The highest BCUT2D eigenvalue weighted by Gasteiger charge is 2.36. The molecule has 1 aromatic heterocycles. The maximum atomic E-state index is 12.9. The van der Waals surface area contributed by atoms with Gasteiger partial charge in [-0.15, -0.1) is 0 Å². The molecule has 1 fully saturated rings. The van der Waals surface area contributed by atoms with Crippen molar-refractivity contribution in [2.24, 2.45) is 0 Å². The van der Waals surface area contributed by atoms with Crippen LogP contribution >= 0.6 is 0 Å². The van der Waals surface area contributed by atoms with Crippen LogP contribution in [0.2, 0.25) is 0 Å². The van der Waals surface area contributed by atoms with Crippen LogP contribution in [0.5, 0.6) is 0 Å². The molecule has 0 bridgehead atoms. The van der Waals surface area contributed by atoms with E-state index >= 15 is 0 Å². The first-order chi connectivity index (χ1) is 13.1. The maximum absolute atomic E-state index is 12.9. The average Bonchev–Trinajstić information content (AvgIpc) is 3.03. The van der Waals surface area contributed by atoms with Crippen LogP contribution in [0.25, 0.3) is 0 Å². The van der Waals surface area contributed by atoms with Gasteiger partial charge in [0.15, 0.2) is 5.69 Å². The predicted octanol–water partition coefficient (Wildman–Crippen LogP) is 3.42. The van der Waals surface area contributed by atoms with Crippen molar-refractivity contribution in [1.82, 2.24) is 19.6 Å². The van der Waals surface area contributed by atoms with Gasteiger partial charge in [-0.1, -0.05) is 29.8 Å². The standard InChI is InChI=1S/C20H25F3N4O/c1-14-5-4-6-17(11-14)13-25-7-9-26(10-8-25)19(28)16(3)27-15(2)12-18(24-27)20(21,22)23/h4-6,11-12,16H,7-10,13H2,1-3H3. The molecule has 1 aliphatic heterocycles. The van der Waals surface area contributed by atoms with E-state index in [0.29, 0.717) is 18.8 Å². The molecule has 152 valence electrons. The Labute approximate surface area is 162 Å². The average molecular weight is 394 g/mol. The summed E-state index contributed by atoms with van der Waals surface area (Å²) in [5.74, 6) is -0.199. The topological polar surface area (TPSA) is 41.4 Å². The largest absolute Gasteiger partial charge is 0.435 e. The number of rotatable bonds is 4. The molecule has 3 rings (SSSR count). The van der Waals surface area contributed by atoms with E-state index in [1.165, 1.54) is 22.7 Å². The van der Waals surface area contributed by atoms with Crippen LogP contribution in [0.4, 0.5) is 13.2 Å². The third-order valence-corrected chi connectivity index (χ3v) is 5.11. The van der Waals surface area contributed by atoms with Gasteiger partial charge in [-0.2, -0.15) is 18.3 Å². The van der Waals surface area contributed by atoms with Crippen molar-refractivity contribution in [3.05, 3.63) is 52.8 Å². The van der Waals surface area contributed by atoms with E-state index in [4.69, 9.17) is 0 Å². The van der Waals surface area contributed by atoms with Gasteiger partial charge in [-0.25, -0.2) is 0 Å². The number of hydrogen-bond acceptors (Lipinski definition) is 3. The molecule has 0 saturated carbocycles. The number of aromatic nitrogens is 2. The first-order valence-electron chi connectivity index (χ1n) is 9.35. The van der Waals surface area contributed by atoms with Gasteiger partial charge in [0.25, 0.3) is 0 Å². The van der Waals surface area contributed by atoms with Gasteiger partial charge in [0, 0.05) is 38.4 Å². The summed E-state index contributed by atoms with van der Waals surface area (Å²) in [6, 6.07) is 8.55. The van der Waals surface area contributed by atoms with Crippen LogP contribution in [-0.2, 0) is 17.5 Å². The molecule has 5 nitrogen and oxygen atoms in total. The van der Waals surface area contributed by atoms with E-state index < -0.39 is 17.9 Å². The minimum atomic E-state index is -4.51. The molecule has 1 saturated heterocycles. The smallest absolute Gasteiger partial charge is 0.338 e. The highest BCUT2D eigenvalue weighted by atomic mass is 19.4. The van der Waals surface area contributed by atoms with Gasteiger partial charge in [0.1, 0.15) is 6.04 Å². The van der Waals surface area contributed by atoms with E-state index in [1.54, 1.807) is 11.8 Å². The van der Waals surface area contributed by atoms with Crippen LogP contribution in [0.3, 0.4) is 0 Å². The molecule has 2 heterocycles. The zero-order valence-electron chi connectivity index (χ0n) is 16.3. The molecule has 0 N–H and O–H groups in total. The van der Waals surface area contributed by atoms with Crippen molar-refractivity contribution >= 4 is 5.91 Å². The molecule has 0 radical (unpaired) electrons. The van der Waals surface area contributed by atoms with Crippen molar-refractivity contribution in [1.29, 1.82) is 0 Å². The van der Waals surface area contributed by atoms with Gasteiger partial charge in [0.05, 0.1) is 0 Å². The summed E-state index contributed by atoms with van der Waals surface area (Å²) in [6.45, 7) is 8.60. The molecule has 1 aromatic carbocycles. The Hall–Kier alpha value is -2.35. The zero-order chi connectivity index (χ0) is 20.5. The molecular weight excluding hydrogens is 369 g/mol. The number of carbonyl (C=O) groups excluding carboxylic acids is 1. The van der Waals surface area contributed by atoms with Crippen LogP contribution in [0, 0.1) is 13.8 Å². The predicted molar refractivity (Wildman–Crippen MR) is 99.7 cm³/mol. The molecular formula is C20H25F3N4O. The second-order valence-corrected chi connectivity index (χ2v) is 7.38. The minimum absolute atomic E-state index is 0.199. The second-order valence-electron chi connectivity index (χ2n) is 7.38. The number of nitrogens with zero attached hydrogens (tertiary/aromatic N) is 4. The Morgan fingerprint density at radius 2 is 1.82 bits per heavy atom. The Kier molecular flexibility index (Phi) is 5.79. The molecule has 2 aromatic rings. The summed E-state index contributed by atoms with van der Waals surface area (Å²) < 4.78 is 39.8. The van der Waals surface area contributed by atoms with Crippen molar-refractivity contribution in [3.63, 3.8) is 0 Å². The highest BCUT2D eigenvalue weighted by Crippen LogP contribution is 2.29. The van der Waals surface area contributed by atoms with E-state index in [1.807, 2.05) is 6.07 Å². The lowest BCUT2D eigenvalue weighted by Crippen LogP contribution is -2.50. The number of hydrogen-bond donors (Lipinski definition) is 0. The van der Waals surface area contributed by atoms with Crippen LogP contribution in [-0.4, -0.2) is 51.7 Å². The number of amides is 1. The Balaban J connectivity index is 1.59. The molecule has 1 unspecified atom stereocenters. The van der Waals surface area contributed by atoms with Crippen molar-refractivity contribution < 1.29 is 18.0 Å². The third kappa shape index (κ3) is 4.55. The SMILES string of the molecule is Cc1cccc(CN2CCN(C(=O)C(C)n3nc(C(F)(F)F)cc3C)CC2)c1. The number of aryl methyl sites for hydroxylation is 2. The first-order valence-corrected chi connectivity index (χ1v) is 9.35. The minimum Gasteiger partial charge on any atom is -0.338 e. The number of benzene rings is 1. The van der Waals surface area contributed by atoms with Crippen molar-refractivity contribution in [3.8, 4) is 0 Å². The van der Waals surface area contributed by atoms with Gasteiger partial charge in [0.2, 0.25) is 5.91 Å². The first kappa shape index (κ1) is 20.4. The molecule has 28 heavy (non-hydrogen) atoms. The lowest BCUT2D eigenvalue weighted by atomic mass is 10.1. The quantitative estimate of drug-likeness (QED) is 0.798. The lowest BCUT2D eigenvalue weighted by Gasteiger charge is -2.36. The fraction of sp³-hybridized carbons (Fsp3) is 0.500. The van der Waals surface area contributed by atoms with E-state index in [9.17, 15) is 18.0 Å². The van der Waals surface area contributed by atoms with Crippen LogP contribution in [0.1, 0.15) is 35.5 Å². The zero-order valence-corrected chi connectivity index (χ0v) is 16.3. The number of carbonyl (C=O) groups is 1. The van der Waals surface area contributed by atoms with Crippen LogP contribution < -0.4 is 0 Å². The van der Waals surface area contributed by atoms with Gasteiger partial charge >= 0.3 is 6.18 Å². The lowest BCUT2D eigenvalue weighted by molar-refractivity contribution is -0.143. The maximum Gasteiger partial charge on any atom is 0.435 e. The summed E-state index contributed by atoms with van der Waals surface area (Å²) in [4.78, 5) is 16.8. The van der Waals surface area contributed by atoms with Crippen molar-refractivity contribution in [2.75, 3.05) is 26.2 Å². The van der Waals surface area contributed by atoms with Gasteiger partial charge < -0.3 is 4.90 Å². The summed E-state index contributed by atoms with van der Waals surface area (Å²) in [7, 11) is 0. The van der Waals surface area contributed by atoms with Crippen LogP contribution in [0.15, 0.2) is 30.3 Å². The monoisotopic (exact) mass is 394 g/mol. The summed E-state index contributed by atoms with van der Waals surface area (Å²) in [5, 5.41) is 3.61. The normalized spacial score (nSPS) is 17.0. The van der Waals surface area contributed by atoms with E-state index in [2.05, 4.69) is 35.1 Å². The second kappa shape index (κ2) is 7.95. The fourth-order valence-electron chi connectivity index (χ4n) is 3.58. The van der Waals surface area contributed by atoms with Gasteiger partial charge in [-0.05, 0) is 32.4 Å².